The van der Waals surface area contributed by atoms with Gasteiger partial charge in [0, 0.05) is 12.6 Å². The van der Waals surface area contributed by atoms with E-state index in [0.717, 1.165) is 12.0 Å². The molecule has 3 nitrogen and oxygen atoms in total. The van der Waals surface area contributed by atoms with Gasteiger partial charge in [-0.25, -0.2) is 4.39 Å². The zero-order valence-corrected chi connectivity index (χ0v) is 12.9. The lowest BCUT2D eigenvalue weighted by Crippen LogP contribution is -2.44. The summed E-state index contributed by atoms with van der Waals surface area (Å²) in [5.74, 6) is 0.425. The van der Waals surface area contributed by atoms with Crippen molar-refractivity contribution in [3.05, 3.63) is 35.6 Å². The number of likely N-dealkylation sites (N-methyl/N-ethyl adjacent to an activating group) is 1. The molecule has 1 aliphatic carbocycles. The van der Waals surface area contributed by atoms with Crippen LogP contribution in [0.15, 0.2) is 24.3 Å². The van der Waals surface area contributed by atoms with Crippen LogP contribution in [0.3, 0.4) is 0 Å². The van der Waals surface area contributed by atoms with Gasteiger partial charge in [0.1, 0.15) is 5.82 Å². The van der Waals surface area contributed by atoms with E-state index < -0.39 is 0 Å². The highest BCUT2D eigenvalue weighted by Gasteiger charge is 2.22. The van der Waals surface area contributed by atoms with Crippen molar-refractivity contribution >= 4 is 5.91 Å². The Bertz CT molecular complexity index is 460. The summed E-state index contributed by atoms with van der Waals surface area (Å²) in [6, 6.07) is 6.74. The molecular weight excluding hydrogens is 267 g/mol. The Hall–Kier alpha value is -1.42. The van der Waals surface area contributed by atoms with E-state index in [1.165, 1.54) is 31.4 Å². The topological polar surface area (TPSA) is 32.3 Å². The average Bonchev–Trinajstić information content (AvgIpc) is 2.44. The van der Waals surface area contributed by atoms with Gasteiger partial charge < -0.3 is 5.32 Å². The van der Waals surface area contributed by atoms with Crippen LogP contribution in [0, 0.1) is 11.7 Å². The number of carbonyl (C=O) groups is 1. The number of benzene rings is 1. The third kappa shape index (κ3) is 5.12. The molecule has 0 bridgehead atoms. The molecule has 2 atom stereocenters. The number of amides is 1. The Kier molecular flexibility index (Phi) is 5.74. The second-order valence-electron chi connectivity index (χ2n) is 6.23. The summed E-state index contributed by atoms with van der Waals surface area (Å²) in [5, 5.41) is 3.15. The number of carbonyl (C=O) groups excluding carboxylic acids is 1. The molecule has 0 heterocycles. The minimum Gasteiger partial charge on any atom is -0.352 e. The van der Waals surface area contributed by atoms with Gasteiger partial charge >= 0.3 is 0 Å². The third-order valence-corrected chi connectivity index (χ3v) is 4.24. The van der Waals surface area contributed by atoms with E-state index in [1.807, 2.05) is 11.9 Å². The lowest BCUT2D eigenvalue weighted by atomic mass is 9.86. The van der Waals surface area contributed by atoms with E-state index in [1.54, 1.807) is 12.1 Å². The Morgan fingerprint density at radius 3 is 2.62 bits per heavy atom. The van der Waals surface area contributed by atoms with Crippen molar-refractivity contribution in [3.8, 4) is 0 Å². The van der Waals surface area contributed by atoms with E-state index in [9.17, 15) is 9.18 Å². The van der Waals surface area contributed by atoms with Crippen LogP contribution in [-0.4, -0.2) is 30.4 Å². The molecule has 0 radical (unpaired) electrons. The highest BCUT2D eigenvalue weighted by Crippen LogP contribution is 2.23. The molecule has 1 aromatic rings. The van der Waals surface area contributed by atoms with Crippen LogP contribution in [0.1, 0.15) is 38.2 Å². The quantitative estimate of drug-likeness (QED) is 0.905. The van der Waals surface area contributed by atoms with Gasteiger partial charge in [-0.15, -0.1) is 0 Å². The van der Waals surface area contributed by atoms with Crippen molar-refractivity contribution in [2.24, 2.45) is 5.92 Å². The van der Waals surface area contributed by atoms with Gasteiger partial charge in [0.15, 0.2) is 0 Å². The first-order valence-corrected chi connectivity index (χ1v) is 7.77. The molecule has 116 valence electrons. The zero-order valence-electron chi connectivity index (χ0n) is 12.9. The monoisotopic (exact) mass is 292 g/mol. The first-order chi connectivity index (χ1) is 10.0. The van der Waals surface area contributed by atoms with Gasteiger partial charge in [0.25, 0.3) is 0 Å². The van der Waals surface area contributed by atoms with Gasteiger partial charge in [-0.05, 0) is 43.5 Å². The summed E-state index contributed by atoms with van der Waals surface area (Å²) < 4.78 is 12.9. The molecular formula is C17H25FN2O. The normalized spacial score (nSPS) is 22.3. The van der Waals surface area contributed by atoms with Crippen molar-refractivity contribution in [1.29, 1.82) is 0 Å². The number of halogens is 1. The fourth-order valence-corrected chi connectivity index (χ4v) is 2.99. The summed E-state index contributed by atoms with van der Waals surface area (Å²) in [4.78, 5) is 14.1. The van der Waals surface area contributed by atoms with Crippen molar-refractivity contribution in [2.45, 2.75) is 45.2 Å². The molecule has 21 heavy (non-hydrogen) atoms. The maximum atomic E-state index is 12.9. The maximum absolute atomic E-state index is 12.9. The standard InChI is InChI=1S/C17H25FN2O/c1-13-5-3-4-6-16(13)19-17(21)12-20(2)11-14-7-9-15(18)10-8-14/h7-10,13,16H,3-6,11-12H2,1-2H3,(H,19,21)/t13-,16+/m0/s1. The molecule has 1 aromatic carbocycles. The van der Waals surface area contributed by atoms with E-state index in [0.29, 0.717) is 25.0 Å². The molecule has 1 N–H and O–H groups in total. The summed E-state index contributed by atoms with van der Waals surface area (Å²) in [6.07, 6.45) is 4.78. The SMILES string of the molecule is C[C@H]1CCCC[C@H]1NC(=O)CN(C)Cc1ccc(F)cc1. The van der Waals surface area contributed by atoms with Gasteiger partial charge in [-0.1, -0.05) is 31.9 Å². The smallest absolute Gasteiger partial charge is 0.234 e. The van der Waals surface area contributed by atoms with Crippen LogP contribution in [-0.2, 0) is 11.3 Å². The van der Waals surface area contributed by atoms with Crippen molar-refractivity contribution in [2.75, 3.05) is 13.6 Å². The number of nitrogens with one attached hydrogen (secondary N) is 1. The second-order valence-corrected chi connectivity index (χ2v) is 6.23. The Morgan fingerprint density at radius 1 is 1.29 bits per heavy atom. The molecule has 0 saturated heterocycles. The highest BCUT2D eigenvalue weighted by molar-refractivity contribution is 5.78. The van der Waals surface area contributed by atoms with Crippen molar-refractivity contribution in [1.82, 2.24) is 10.2 Å². The molecule has 0 aromatic heterocycles. The molecule has 1 saturated carbocycles. The van der Waals surface area contributed by atoms with E-state index in [-0.39, 0.29) is 11.7 Å². The summed E-state index contributed by atoms with van der Waals surface area (Å²) in [7, 11) is 1.91. The zero-order chi connectivity index (χ0) is 15.2. The Labute approximate surface area is 126 Å². The molecule has 1 fully saturated rings. The number of nitrogens with zero attached hydrogens (tertiary/aromatic N) is 1. The summed E-state index contributed by atoms with van der Waals surface area (Å²) in [6.45, 7) is 3.24. The maximum Gasteiger partial charge on any atom is 0.234 e. The van der Waals surface area contributed by atoms with E-state index >= 15 is 0 Å². The lowest BCUT2D eigenvalue weighted by Gasteiger charge is -2.30. The van der Waals surface area contributed by atoms with Crippen LogP contribution in [0.2, 0.25) is 0 Å². The van der Waals surface area contributed by atoms with Crippen LogP contribution in [0.25, 0.3) is 0 Å². The second kappa shape index (κ2) is 7.55. The first kappa shape index (κ1) is 16.0. The molecule has 0 spiro atoms. The van der Waals surface area contributed by atoms with Crippen molar-refractivity contribution < 1.29 is 9.18 Å². The molecule has 4 heteroatoms. The summed E-state index contributed by atoms with van der Waals surface area (Å²) in [5.41, 5.74) is 1.01. The average molecular weight is 292 g/mol. The molecule has 2 rings (SSSR count). The van der Waals surface area contributed by atoms with Crippen LogP contribution in [0.5, 0.6) is 0 Å². The molecule has 1 amide bonds. The summed E-state index contributed by atoms with van der Waals surface area (Å²) >= 11 is 0. The largest absolute Gasteiger partial charge is 0.352 e. The van der Waals surface area contributed by atoms with E-state index in [2.05, 4.69) is 12.2 Å². The molecule has 0 aliphatic heterocycles. The van der Waals surface area contributed by atoms with Crippen LogP contribution >= 0.6 is 0 Å². The fraction of sp³-hybridized carbons (Fsp3) is 0.588. The van der Waals surface area contributed by atoms with E-state index in [4.69, 9.17) is 0 Å². The van der Waals surface area contributed by atoms with Gasteiger partial charge in [-0.2, -0.15) is 0 Å². The third-order valence-electron chi connectivity index (χ3n) is 4.24. The minimum atomic E-state index is -0.231. The molecule has 0 unspecified atom stereocenters. The van der Waals surface area contributed by atoms with Crippen LogP contribution in [0.4, 0.5) is 4.39 Å². The number of hydrogen-bond donors (Lipinski definition) is 1. The predicted molar refractivity (Wildman–Crippen MR) is 82.3 cm³/mol. The predicted octanol–water partition coefficient (Wildman–Crippen LogP) is 2.95. The Balaban J connectivity index is 1.77. The number of hydrogen-bond acceptors (Lipinski definition) is 2. The van der Waals surface area contributed by atoms with Gasteiger partial charge in [-0.3, -0.25) is 9.69 Å². The lowest BCUT2D eigenvalue weighted by molar-refractivity contribution is -0.123. The van der Waals surface area contributed by atoms with Gasteiger partial charge in [0.2, 0.25) is 5.91 Å². The van der Waals surface area contributed by atoms with Gasteiger partial charge in [0.05, 0.1) is 6.54 Å². The molecule has 1 aliphatic rings. The fourth-order valence-electron chi connectivity index (χ4n) is 2.99. The minimum absolute atomic E-state index is 0.0818. The van der Waals surface area contributed by atoms with Crippen LogP contribution < -0.4 is 5.32 Å². The number of rotatable bonds is 5. The highest BCUT2D eigenvalue weighted by atomic mass is 19.1. The Morgan fingerprint density at radius 2 is 1.95 bits per heavy atom. The van der Waals surface area contributed by atoms with Crippen molar-refractivity contribution in [3.63, 3.8) is 0 Å². The first-order valence-electron chi connectivity index (χ1n) is 7.77.